The zero-order valence-corrected chi connectivity index (χ0v) is 12.5. The van der Waals surface area contributed by atoms with Crippen molar-refractivity contribution in [3.8, 4) is 5.75 Å². The van der Waals surface area contributed by atoms with Crippen LogP contribution in [0.15, 0.2) is 34.1 Å². The second-order valence-corrected chi connectivity index (χ2v) is 5.83. The normalized spacial score (nSPS) is 10.5. The van der Waals surface area contributed by atoms with Crippen LogP contribution in [0, 0.1) is 0 Å². The Kier molecular flexibility index (Phi) is 5.78. The number of carbonyl (C=O) groups excluding carboxylic acids is 2. The third-order valence-electron chi connectivity index (χ3n) is 2.26. The van der Waals surface area contributed by atoms with Gasteiger partial charge in [-0.3, -0.25) is 14.9 Å². The first-order valence-electron chi connectivity index (χ1n) is 5.82. The molecule has 2 amide bonds. The van der Waals surface area contributed by atoms with Crippen molar-refractivity contribution in [2.24, 2.45) is 0 Å². The first-order valence-corrected chi connectivity index (χ1v) is 7.69. The number of imide groups is 1. The number of nitrogens with one attached hydrogen (secondary N) is 1. The fraction of sp³-hybridized carbons (Fsp3) is 0.167. The highest BCUT2D eigenvalue weighted by molar-refractivity contribution is 8.01. The highest BCUT2D eigenvalue weighted by atomic mass is 32.2. The number of halogens is 2. The topological polar surface area (TPSA) is 81.2 Å². The van der Waals surface area contributed by atoms with E-state index in [2.05, 4.69) is 20.3 Å². The second-order valence-electron chi connectivity index (χ2n) is 3.77. The van der Waals surface area contributed by atoms with E-state index in [0.29, 0.717) is 4.34 Å². The third-order valence-corrected chi connectivity index (χ3v) is 4.12. The summed E-state index contributed by atoms with van der Waals surface area (Å²) in [5.41, 5.74) is 1.70. The summed E-state index contributed by atoms with van der Waals surface area (Å²) in [4.78, 5) is 23.4. The van der Waals surface area contributed by atoms with Crippen molar-refractivity contribution in [1.29, 1.82) is 0 Å². The van der Waals surface area contributed by atoms with Gasteiger partial charge < -0.3 is 4.74 Å². The lowest BCUT2D eigenvalue weighted by Gasteiger charge is -2.06. The van der Waals surface area contributed by atoms with Crippen LogP contribution in [0.25, 0.3) is 0 Å². The number of aromatic nitrogens is 2. The number of hydrogen-bond donors (Lipinski definition) is 1. The Labute approximate surface area is 131 Å². The van der Waals surface area contributed by atoms with Crippen molar-refractivity contribution in [2.75, 3.05) is 5.75 Å². The molecule has 0 aliphatic rings. The molecule has 1 aromatic carbocycles. The molecule has 0 saturated heterocycles. The minimum absolute atomic E-state index is 0.0213. The van der Waals surface area contributed by atoms with E-state index in [9.17, 15) is 18.4 Å². The zero-order chi connectivity index (χ0) is 15.9. The summed E-state index contributed by atoms with van der Waals surface area (Å²) < 4.78 is 28.8. The molecule has 0 unspecified atom stereocenters. The van der Waals surface area contributed by atoms with Crippen molar-refractivity contribution in [3.63, 3.8) is 0 Å². The summed E-state index contributed by atoms with van der Waals surface area (Å²) in [6.45, 7) is -2.93. The van der Waals surface area contributed by atoms with Crippen molar-refractivity contribution in [1.82, 2.24) is 15.5 Å². The maximum atomic E-state index is 12.0. The molecule has 116 valence electrons. The fourth-order valence-corrected chi connectivity index (χ4v) is 2.66. The van der Waals surface area contributed by atoms with Gasteiger partial charge in [0, 0.05) is 5.56 Å². The molecule has 2 rings (SSSR count). The minimum atomic E-state index is -2.93. The lowest BCUT2D eigenvalue weighted by molar-refractivity contribution is -0.117. The van der Waals surface area contributed by atoms with Crippen LogP contribution in [0.1, 0.15) is 10.4 Å². The molecule has 2 aromatic rings. The number of rotatable bonds is 6. The summed E-state index contributed by atoms with van der Waals surface area (Å²) >= 11 is 2.45. The van der Waals surface area contributed by atoms with Crippen molar-refractivity contribution in [3.05, 3.63) is 35.3 Å². The van der Waals surface area contributed by atoms with Gasteiger partial charge in [-0.05, 0) is 24.3 Å². The van der Waals surface area contributed by atoms with E-state index >= 15 is 0 Å². The first-order chi connectivity index (χ1) is 10.5. The van der Waals surface area contributed by atoms with Gasteiger partial charge in [0.05, 0.1) is 5.75 Å². The third kappa shape index (κ3) is 5.04. The Bertz CT molecular complexity index is 636. The van der Waals surface area contributed by atoms with E-state index < -0.39 is 18.4 Å². The number of hydrogen-bond acceptors (Lipinski definition) is 7. The molecule has 1 heterocycles. The summed E-state index contributed by atoms with van der Waals surface area (Å²) in [6, 6.07) is 5.03. The molecule has 1 aromatic heterocycles. The quantitative estimate of drug-likeness (QED) is 0.808. The van der Waals surface area contributed by atoms with Gasteiger partial charge in [-0.1, -0.05) is 23.1 Å². The van der Waals surface area contributed by atoms with Crippen molar-refractivity contribution >= 4 is 34.9 Å². The van der Waals surface area contributed by atoms with Crippen LogP contribution in [0.2, 0.25) is 0 Å². The van der Waals surface area contributed by atoms with Gasteiger partial charge >= 0.3 is 6.61 Å². The first kappa shape index (κ1) is 16.3. The number of benzene rings is 1. The molecular formula is C12H9F2N3O3S2. The number of ether oxygens (including phenoxy) is 1. The molecule has 1 N–H and O–H groups in total. The summed E-state index contributed by atoms with van der Waals surface area (Å²) in [5, 5.41) is 9.56. The van der Waals surface area contributed by atoms with Crippen molar-refractivity contribution < 1.29 is 23.1 Å². The van der Waals surface area contributed by atoms with Gasteiger partial charge in [0.15, 0.2) is 4.34 Å². The zero-order valence-electron chi connectivity index (χ0n) is 10.9. The largest absolute Gasteiger partial charge is 0.435 e. The maximum absolute atomic E-state index is 12.0. The van der Waals surface area contributed by atoms with Crippen LogP contribution in [0.4, 0.5) is 8.78 Å². The maximum Gasteiger partial charge on any atom is 0.387 e. The molecule has 22 heavy (non-hydrogen) atoms. The van der Waals surface area contributed by atoms with Gasteiger partial charge in [-0.2, -0.15) is 8.78 Å². The van der Waals surface area contributed by atoms with Crippen LogP contribution < -0.4 is 10.1 Å². The SMILES string of the molecule is O=C(CSc1nncs1)NC(=O)c1ccc(OC(F)F)cc1. The second kappa shape index (κ2) is 7.80. The van der Waals surface area contributed by atoms with Crippen LogP contribution in [-0.2, 0) is 4.79 Å². The van der Waals surface area contributed by atoms with Gasteiger partial charge in [0.25, 0.3) is 5.91 Å². The molecule has 0 atom stereocenters. The smallest absolute Gasteiger partial charge is 0.387 e. The van der Waals surface area contributed by atoms with Gasteiger partial charge in [0.1, 0.15) is 11.3 Å². The van der Waals surface area contributed by atoms with Crippen LogP contribution >= 0.6 is 23.1 Å². The highest BCUT2D eigenvalue weighted by Crippen LogP contribution is 2.18. The Morgan fingerprint density at radius 3 is 2.64 bits per heavy atom. The molecule has 0 radical (unpaired) electrons. The van der Waals surface area contributed by atoms with E-state index in [4.69, 9.17) is 0 Å². The predicted molar refractivity (Wildman–Crippen MR) is 76.2 cm³/mol. The van der Waals surface area contributed by atoms with Gasteiger partial charge in [-0.15, -0.1) is 10.2 Å². The predicted octanol–water partition coefficient (Wildman–Crippen LogP) is 2.19. The van der Waals surface area contributed by atoms with Crippen LogP contribution in [0.5, 0.6) is 5.75 Å². The number of alkyl halides is 2. The average Bonchev–Trinajstić information content (AvgIpc) is 2.98. The monoisotopic (exact) mass is 345 g/mol. The number of amides is 2. The molecule has 0 aliphatic heterocycles. The number of thioether (sulfide) groups is 1. The molecule has 0 spiro atoms. The Morgan fingerprint density at radius 2 is 2.05 bits per heavy atom. The van der Waals surface area contributed by atoms with E-state index in [1.54, 1.807) is 0 Å². The summed E-state index contributed by atoms with van der Waals surface area (Å²) in [7, 11) is 0. The Hall–Kier alpha value is -2.07. The fourth-order valence-electron chi connectivity index (χ4n) is 1.38. The van der Waals surface area contributed by atoms with E-state index in [1.807, 2.05) is 0 Å². The highest BCUT2D eigenvalue weighted by Gasteiger charge is 2.12. The average molecular weight is 345 g/mol. The minimum Gasteiger partial charge on any atom is -0.435 e. The van der Waals surface area contributed by atoms with Crippen LogP contribution in [-0.4, -0.2) is 34.4 Å². The molecule has 0 fully saturated rings. The molecular weight excluding hydrogens is 336 g/mol. The van der Waals surface area contributed by atoms with Crippen LogP contribution in [0.3, 0.4) is 0 Å². The molecule has 0 saturated carbocycles. The molecule has 0 bridgehead atoms. The van der Waals surface area contributed by atoms with Crippen molar-refractivity contribution in [2.45, 2.75) is 11.0 Å². The number of carbonyl (C=O) groups is 2. The lowest BCUT2D eigenvalue weighted by atomic mass is 10.2. The Morgan fingerprint density at radius 1 is 1.32 bits per heavy atom. The molecule has 6 nitrogen and oxygen atoms in total. The van der Waals surface area contributed by atoms with E-state index in [-0.39, 0.29) is 17.1 Å². The van der Waals surface area contributed by atoms with E-state index in [1.165, 1.54) is 41.1 Å². The molecule has 10 heteroatoms. The molecule has 0 aliphatic carbocycles. The lowest BCUT2D eigenvalue weighted by Crippen LogP contribution is -2.31. The van der Waals surface area contributed by atoms with E-state index in [0.717, 1.165) is 11.8 Å². The standard InChI is InChI=1S/C12H9F2N3O3S2/c13-11(14)20-8-3-1-7(2-4-8)10(19)16-9(18)5-21-12-17-15-6-22-12/h1-4,6,11H,5H2,(H,16,18,19). The summed E-state index contributed by atoms with van der Waals surface area (Å²) in [5.74, 6) is -1.15. The number of nitrogens with zero attached hydrogens (tertiary/aromatic N) is 2. The van der Waals surface area contributed by atoms with Gasteiger partial charge in [-0.25, -0.2) is 0 Å². The Balaban J connectivity index is 1.84. The summed E-state index contributed by atoms with van der Waals surface area (Å²) in [6.07, 6.45) is 0. The van der Waals surface area contributed by atoms with Gasteiger partial charge in [0.2, 0.25) is 5.91 Å².